The molecule has 86 valence electrons. The molecule has 9 heteroatoms. The van der Waals surface area contributed by atoms with Crippen LogP contribution in [0.5, 0.6) is 0 Å². The third-order valence-electron chi connectivity index (χ3n) is 1.70. The van der Waals surface area contributed by atoms with E-state index in [4.69, 9.17) is 0 Å². The Morgan fingerprint density at radius 3 is 2.81 bits per heavy atom. The Kier molecular flexibility index (Phi) is 2.56. The number of aromatic nitrogens is 2. The first-order valence-electron chi connectivity index (χ1n) is 4.12. The van der Waals surface area contributed by atoms with Gasteiger partial charge in [0.2, 0.25) is 0 Å². The lowest BCUT2D eigenvalue weighted by molar-refractivity contribution is 0.423. The molecule has 0 aliphatic carbocycles. The average molecular weight is 261 g/mol. The molecule has 0 aliphatic heterocycles. The van der Waals surface area contributed by atoms with Crippen molar-refractivity contribution in [1.29, 1.82) is 0 Å². The van der Waals surface area contributed by atoms with Gasteiger partial charge in [-0.3, -0.25) is 9.52 Å². The van der Waals surface area contributed by atoms with E-state index in [1.165, 1.54) is 19.3 Å². The number of thiazole rings is 1. The number of nitrogens with one attached hydrogen (secondary N) is 2. The van der Waals surface area contributed by atoms with Crippen molar-refractivity contribution in [3.8, 4) is 0 Å². The van der Waals surface area contributed by atoms with E-state index >= 15 is 0 Å². The van der Waals surface area contributed by atoms with Gasteiger partial charge in [-0.1, -0.05) is 16.5 Å². The molecule has 0 saturated carbocycles. The van der Waals surface area contributed by atoms with E-state index in [9.17, 15) is 13.2 Å². The number of hydrogen-bond donors (Lipinski definition) is 2. The fourth-order valence-corrected chi connectivity index (χ4v) is 3.39. The molecule has 0 aromatic carbocycles. The summed E-state index contributed by atoms with van der Waals surface area (Å²) in [5, 5.41) is 3.41. The van der Waals surface area contributed by atoms with Crippen molar-refractivity contribution in [1.82, 2.24) is 10.1 Å². The predicted molar refractivity (Wildman–Crippen MR) is 57.0 cm³/mol. The summed E-state index contributed by atoms with van der Waals surface area (Å²) >= 11 is 0.623. The first-order chi connectivity index (χ1) is 7.49. The fourth-order valence-electron chi connectivity index (χ4n) is 1.10. The van der Waals surface area contributed by atoms with Gasteiger partial charge in [-0.05, 0) is 6.92 Å². The zero-order valence-corrected chi connectivity index (χ0v) is 9.68. The van der Waals surface area contributed by atoms with Crippen LogP contribution in [0.25, 0.3) is 0 Å². The summed E-state index contributed by atoms with van der Waals surface area (Å²) in [5.74, 6) is 0.0697. The highest BCUT2D eigenvalue weighted by atomic mass is 32.2. The van der Waals surface area contributed by atoms with Gasteiger partial charge in [0.15, 0.2) is 10.0 Å². The largest absolute Gasteiger partial charge is 0.363 e. The van der Waals surface area contributed by atoms with Crippen molar-refractivity contribution in [2.45, 2.75) is 11.1 Å². The Hall–Kier alpha value is -1.61. The summed E-state index contributed by atoms with van der Waals surface area (Å²) in [6.45, 7) is 1.51. The summed E-state index contributed by atoms with van der Waals surface area (Å²) in [4.78, 5) is 13.0. The molecule has 0 bridgehead atoms. The normalized spacial score (nSPS) is 11.6. The number of hydrogen-bond acceptors (Lipinski definition) is 6. The van der Waals surface area contributed by atoms with Crippen molar-refractivity contribution < 1.29 is 12.9 Å². The molecule has 2 aromatic rings. The van der Waals surface area contributed by atoms with E-state index in [0.29, 0.717) is 17.0 Å². The summed E-state index contributed by atoms with van der Waals surface area (Å²) in [5.41, 5.74) is 0.297. The number of nitrogens with zero attached hydrogens (tertiary/aromatic N) is 1. The second kappa shape index (κ2) is 3.76. The molecule has 0 aliphatic rings. The lowest BCUT2D eigenvalue weighted by atomic mass is 10.6. The Morgan fingerprint density at radius 1 is 1.56 bits per heavy atom. The van der Waals surface area contributed by atoms with Gasteiger partial charge in [0.25, 0.3) is 10.0 Å². The van der Waals surface area contributed by atoms with E-state index < -0.39 is 14.9 Å². The number of sulfonamides is 1. The molecule has 2 rings (SSSR count). The van der Waals surface area contributed by atoms with Crippen LogP contribution in [0.1, 0.15) is 5.69 Å². The van der Waals surface area contributed by atoms with Gasteiger partial charge in [-0.15, -0.1) is 0 Å². The molecule has 7 nitrogen and oxygen atoms in total. The molecule has 0 spiro atoms. The van der Waals surface area contributed by atoms with E-state index in [-0.39, 0.29) is 10.0 Å². The molecule has 0 radical (unpaired) electrons. The summed E-state index contributed by atoms with van der Waals surface area (Å²) in [6, 6.07) is 1.36. The third kappa shape index (κ3) is 1.99. The highest BCUT2D eigenvalue weighted by Crippen LogP contribution is 2.18. The maximum Gasteiger partial charge on any atom is 0.306 e. The van der Waals surface area contributed by atoms with Crippen LogP contribution in [0.2, 0.25) is 0 Å². The molecule has 0 atom stereocenters. The molecule has 0 saturated heterocycles. The van der Waals surface area contributed by atoms with Crippen molar-refractivity contribution in [2.75, 3.05) is 4.72 Å². The molecule has 0 fully saturated rings. The lowest BCUT2D eigenvalue weighted by Gasteiger charge is -2.01. The molecule has 2 aromatic heterocycles. The third-order valence-corrected chi connectivity index (χ3v) is 4.66. The van der Waals surface area contributed by atoms with E-state index in [1.54, 1.807) is 0 Å². The predicted octanol–water partition coefficient (Wildman–Crippen LogP) is 0.534. The highest BCUT2D eigenvalue weighted by molar-refractivity contribution is 7.94. The number of anilines is 1. The van der Waals surface area contributed by atoms with Crippen LogP contribution in [0.4, 0.5) is 5.82 Å². The Balaban J connectivity index is 2.40. The zero-order valence-electron chi connectivity index (χ0n) is 8.05. The maximum atomic E-state index is 11.8. The molecule has 16 heavy (non-hydrogen) atoms. The van der Waals surface area contributed by atoms with Gasteiger partial charge in [0.05, 0.1) is 0 Å². The maximum absolute atomic E-state index is 11.8. The van der Waals surface area contributed by atoms with Crippen molar-refractivity contribution in [2.24, 2.45) is 0 Å². The van der Waals surface area contributed by atoms with Gasteiger partial charge in [-0.2, -0.15) is 0 Å². The molecular weight excluding hydrogens is 254 g/mol. The highest BCUT2D eigenvalue weighted by Gasteiger charge is 2.21. The Bertz CT molecular complexity index is 637. The first-order valence-corrected chi connectivity index (χ1v) is 6.42. The quantitative estimate of drug-likeness (QED) is 0.838. The van der Waals surface area contributed by atoms with Crippen LogP contribution in [-0.4, -0.2) is 18.6 Å². The molecular formula is C7H7N3O4S2. The number of H-pyrrole nitrogens is 1. The molecule has 2 heterocycles. The second-order valence-corrected chi connectivity index (χ2v) is 5.78. The monoisotopic (exact) mass is 261 g/mol. The average Bonchev–Trinajstić information content (AvgIpc) is 2.75. The van der Waals surface area contributed by atoms with Gasteiger partial charge < -0.3 is 9.51 Å². The first kappa shape index (κ1) is 10.9. The van der Waals surface area contributed by atoms with Crippen LogP contribution >= 0.6 is 11.3 Å². The van der Waals surface area contributed by atoms with E-state index in [2.05, 4.69) is 19.4 Å². The van der Waals surface area contributed by atoms with Crippen LogP contribution in [0.3, 0.4) is 0 Å². The smallest absolute Gasteiger partial charge is 0.306 e. The Morgan fingerprint density at radius 2 is 2.31 bits per heavy atom. The van der Waals surface area contributed by atoms with Crippen molar-refractivity contribution in [3.63, 3.8) is 0 Å². The van der Waals surface area contributed by atoms with Crippen molar-refractivity contribution in [3.05, 3.63) is 27.7 Å². The van der Waals surface area contributed by atoms with Crippen LogP contribution in [-0.2, 0) is 10.0 Å². The van der Waals surface area contributed by atoms with Gasteiger partial charge in [-0.25, -0.2) is 8.42 Å². The molecule has 0 amide bonds. The number of aryl methyl sites for hydroxylation is 1. The number of aromatic amines is 1. The SMILES string of the molecule is Cc1[nH]c(=O)sc1S(=O)(=O)Nc1ccon1. The van der Waals surface area contributed by atoms with Crippen LogP contribution in [0.15, 0.2) is 25.9 Å². The van der Waals surface area contributed by atoms with Gasteiger partial charge in [0, 0.05) is 11.8 Å². The van der Waals surface area contributed by atoms with Crippen molar-refractivity contribution >= 4 is 27.2 Å². The fraction of sp³-hybridized carbons (Fsp3) is 0.143. The van der Waals surface area contributed by atoms with Gasteiger partial charge >= 0.3 is 4.87 Å². The van der Waals surface area contributed by atoms with Crippen LogP contribution in [0, 0.1) is 6.92 Å². The summed E-state index contributed by atoms with van der Waals surface area (Å²) < 4.78 is 30.2. The zero-order chi connectivity index (χ0) is 11.8. The standard InChI is InChI=1S/C7H7N3O4S2/c1-4-6(15-7(11)8-4)16(12,13)10-5-2-3-14-9-5/h2-3H,1H3,(H,8,11)(H,9,10). The molecule has 0 unspecified atom stereocenters. The minimum absolute atomic E-state index is 0.0551. The summed E-state index contributed by atoms with van der Waals surface area (Å²) in [7, 11) is -3.78. The summed E-state index contributed by atoms with van der Waals surface area (Å²) in [6.07, 6.45) is 1.24. The molecule has 2 N–H and O–H groups in total. The lowest BCUT2D eigenvalue weighted by Crippen LogP contribution is -2.12. The number of rotatable bonds is 3. The van der Waals surface area contributed by atoms with Gasteiger partial charge in [0.1, 0.15) is 6.26 Å². The second-order valence-electron chi connectivity index (χ2n) is 2.92. The van der Waals surface area contributed by atoms with E-state index in [0.717, 1.165) is 0 Å². The topological polar surface area (TPSA) is 105 Å². The minimum Gasteiger partial charge on any atom is -0.363 e. The minimum atomic E-state index is -3.78. The Labute approximate surface area is 94.2 Å². The van der Waals surface area contributed by atoms with Crippen LogP contribution < -0.4 is 9.60 Å². The van der Waals surface area contributed by atoms with E-state index in [1.807, 2.05) is 0 Å².